The Morgan fingerprint density at radius 3 is 2.62 bits per heavy atom. The van der Waals surface area contributed by atoms with E-state index in [1.807, 2.05) is 24.4 Å². The highest BCUT2D eigenvalue weighted by Gasteiger charge is 2.34. The number of hydrogen-bond acceptors (Lipinski definition) is 2. The van der Waals surface area contributed by atoms with E-state index in [-0.39, 0.29) is 10.8 Å². The second-order valence-corrected chi connectivity index (χ2v) is 8.03. The number of sulfonamides is 1. The van der Waals surface area contributed by atoms with Gasteiger partial charge in [0.1, 0.15) is 5.82 Å². The van der Waals surface area contributed by atoms with Crippen LogP contribution in [0.3, 0.4) is 0 Å². The van der Waals surface area contributed by atoms with Gasteiger partial charge < -0.3 is 4.98 Å². The minimum Gasteiger partial charge on any atom is -0.361 e. The van der Waals surface area contributed by atoms with Crippen molar-refractivity contribution in [1.82, 2.24) is 9.29 Å². The zero-order valence-electron chi connectivity index (χ0n) is 12.9. The van der Waals surface area contributed by atoms with E-state index in [0.29, 0.717) is 13.1 Å². The van der Waals surface area contributed by atoms with Gasteiger partial charge in [0.25, 0.3) is 0 Å². The lowest BCUT2D eigenvalue weighted by Gasteiger charge is -2.16. The predicted molar refractivity (Wildman–Crippen MR) is 90.8 cm³/mol. The lowest BCUT2D eigenvalue weighted by molar-refractivity contribution is 0.473. The number of halogens is 1. The first-order chi connectivity index (χ1) is 11.6. The summed E-state index contributed by atoms with van der Waals surface area (Å²) < 4.78 is 40.0. The topological polar surface area (TPSA) is 53.2 Å². The number of nitrogens with zero attached hydrogens (tertiary/aromatic N) is 1. The van der Waals surface area contributed by atoms with E-state index in [4.69, 9.17) is 0 Å². The fourth-order valence-electron chi connectivity index (χ4n) is 3.39. The average Bonchev–Trinajstić information content (AvgIpc) is 3.22. The van der Waals surface area contributed by atoms with Crippen molar-refractivity contribution in [3.8, 4) is 0 Å². The fraction of sp³-hybridized carbons (Fsp3) is 0.222. The van der Waals surface area contributed by atoms with Crippen molar-refractivity contribution in [3.05, 3.63) is 66.1 Å². The van der Waals surface area contributed by atoms with Crippen LogP contribution in [0.15, 0.2) is 59.6 Å². The Labute approximate surface area is 140 Å². The first kappa shape index (κ1) is 15.4. The summed E-state index contributed by atoms with van der Waals surface area (Å²) in [5, 5.41) is 1.14. The number of para-hydroxylation sites is 1. The van der Waals surface area contributed by atoms with Crippen LogP contribution in [0, 0.1) is 5.82 Å². The van der Waals surface area contributed by atoms with Crippen LogP contribution in [-0.4, -0.2) is 30.8 Å². The zero-order chi connectivity index (χ0) is 16.7. The number of rotatable bonds is 3. The molecule has 1 aromatic heterocycles. The molecular formula is C18H17FN2O2S. The Kier molecular flexibility index (Phi) is 3.66. The molecule has 1 atom stereocenters. The Balaban J connectivity index is 1.61. The molecule has 1 N–H and O–H groups in total. The van der Waals surface area contributed by atoms with Crippen LogP contribution in [0.25, 0.3) is 10.9 Å². The highest BCUT2D eigenvalue weighted by molar-refractivity contribution is 7.89. The van der Waals surface area contributed by atoms with Crippen LogP contribution in [0.1, 0.15) is 17.9 Å². The molecule has 1 unspecified atom stereocenters. The van der Waals surface area contributed by atoms with Gasteiger partial charge >= 0.3 is 0 Å². The molecule has 0 radical (unpaired) electrons. The number of benzene rings is 2. The van der Waals surface area contributed by atoms with Gasteiger partial charge in [-0.3, -0.25) is 0 Å². The van der Waals surface area contributed by atoms with Gasteiger partial charge in [-0.15, -0.1) is 0 Å². The van der Waals surface area contributed by atoms with E-state index in [1.165, 1.54) is 28.6 Å². The summed E-state index contributed by atoms with van der Waals surface area (Å²) in [5.41, 5.74) is 2.22. The molecule has 2 aromatic carbocycles. The third kappa shape index (κ3) is 2.52. The Morgan fingerprint density at radius 1 is 1.08 bits per heavy atom. The summed E-state index contributed by atoms with van der Waals surface area (Å²) >= 11 is 0. The van der Waals surface area contributed by atoms with Gasteiger partial charge in [0, 0.05) is 36.1 Å². The van der Waals surface area contributed by atoms with Crippen molar-refractivity contribution >= 4 is 20.9 Å². The predicted octanol–water partition coefficient (Wildman–Crippen LogP) is 3.49. The zero-order valence-corrected chi connectivity index (χ0v) is 13.8. The fourth-order valence-corrected chi connectivity index (χ4v) is 4.89. The van der Waals surface area contributed by atoms with Gasteiger partial charge in [0.15, 0.2) is 0 Å². The van der Waals surface area contributed by atoms with Gasteiger partial charge in [-0.1, -0.05) is 18.2 Å². The smallest absolute Gasteiger partial charge is 0.243 e. The van der Waals surface area contributed by atoms with Crippen LogP contribution in [0.2, 0.25) is 0 Å². The molecule has 1 aliphatic rings. The highest BCUT2D eigenvalue weighted by atomic mass is 32.2. The third-order valence-corrected chi connectivity index (χ3v) is 6.54. The van der Waals surface area contributed by atoms with Crippen molar-refractivity contribution in [2.24, 2.45) is 0 Å². The maximum Gasteiger partial charge on any atom is 0.243 e. The SMILES string of the molecule is O=S(=O)(c1ccc(F)cc1)N1CCC(c2c[nH]c3ccccc23)C1. The summed E-state index contributed by atoms with van der Waals surface area (Å²) in [6, 6.07) is 13.0. The van der Waals surface area contributed by atoms with E-state index in [0.717, 1.165) is 22.9 Å². The molecule has 2 heterocycles. The lowest BCUT2D eigenvalue weighted by atomic mass is 9.98. The van der Waals surface area contributed by atoms with E-state index < -0.39 is 15.8 Å². The largest absolute Gasteiger partial charge is 0.361 e. The summed E-state index contributed by atoms with van der Waals surface area (Å²) in [5.74, 6) is -0.275. The van der Waals surface area contributed by atoms with Crippen molar-refractivity contribution < 1.29 is 12.8 Å². The lowest BCUT2D eigenvalue weighted by Crippen LogP contribution is -2.28. The Bertz CT molecular complexity index is 980. The van der Waals surface area contributed by atoms with Crippen molar-refractivity contribution in [2.75, 3.05) is 13.1 Å². The Hall–Kier alpha value is -2.18. The number of aromatic amines is 1. The first-order valence-corrected chi connectivity index (χ1v) is 9.31. The molecule has 6 heteroatoms. The molecule has 3 aromatic rings. The Morgan fingerprint density at radius 2 is 1.83 bits per heavy atom. The van der Waals surface area contributed by atoms with Gasteiger partial charge in [-0.25, -0.2) is 12.8 Å². The van der Waals surface area contributed by atoms with Crippen molar-refractivity contribution in [3.63, 3.8) is 0 Å². The maximum atomic E-state index is 13.0. The average molecular weight is 344 g/mol. The van der Waals surface area contributed by atoms with E-state index >= 15 is 0 Å². The molecule has 24 heavy (non-hydrogen) atoms. The van der Waals surface area contributed by atoms with E-state index in [2.05, 4.69) is 11.1 Å². The summed E-state index contributed by atoms with van der Waals surface area (Å²) in [6.45, 7) is 0.922. The van der Waals surface area contributed by atoms with Crippen LogP contribution < -0.4 is 0 Å². The highest BCUT2D eigenvalue weighted by Crippen LogP contribution is 2.34. The molecule has 0 saturated carbocycles. The van der Waals surface area contributed by atoms with Gasteiger partial charge in [0.2, 0.25) is 10.0 Å². The van der Waals surface area contributed by atoms with Gasteiger partial charge in [-0.2, -0.15) is 4.31 Å². The molecule has 0 spiro atoms. The van der Waals surface area contributed by atoms with Crippen LogP contribution in [0.5, 0.6) is 0 Å². The van der Waals surface area contributed by atoms with Crippen LogP contribution >= 0.6 is 0 Å². The molecule has 0 amide bonds. The maximum absolute atomic E-state index is 13.0. The number of fused-ring (bicyclic) bond motifs is 1. The summed E-state index contributed by atoms with van der Waals surface area (Å²) in [6.07, 6.45) is 2.76. The van der Waals surface area contributed by atoms with Gasteiger partial charge in [-0.05, 0) is 42.3 Å². The quantitative estimate of drug-likeness (QED) is 0.791. The number of aromatic nitrogens is 1. The number of H-pyrrole nitrogens is 1. The molecule has 4 nitrogen and oxygen atoms in total. The standard InChI is InChI=1S/C18H17FN2O2S/c19-14-5-7-15(8-6-14)24(22,23)21-10-9-13(12-21)17-11-20-18-4-2-1-3-16(17)18/h1-8,11,13,20H,9-10,12H2. The molecule has 1 saturated heterocycles. The second kappa shape index (κ2) is 5.72. The number of hydrogen-bond donors (Lipinski definition) is 1. The molecule has 124 valence electrons. The van der Waals surface area contributed by atoms with E-state index in [1.54, 1.807) is 0 Å². The molecule has 4 rings (SSSR count). The van der Waals surface area contributed by atoms with Gasteiger partial charge in [0.05, 0.1) is 4.90 Å². The van der Waals surface area contributed by atoms with Crippen LogP contribution in [0.4, 0.5) is 4.39 Å². The second-order valence-electron chi connectivity index (χ2n) is 6.09. The summed E-state index contributed by atoms with van der Waals surface area (Å²) in [4.78, 5) is 3.39. The normalized spacial score (nSPS) is 19.1. The molecule has 1 aliphatic heterocycles. The minimum absolute atomic E-state index is 0.142. The molecular weight excluding hydrogens is 327 g/mol. The third-order valence-electron chi connectivity index (χ3n) is 4.66. The van der Waals surface area contributed by atoms with Crippen LogP contribution in [-0.2, 0) is 10.0 Å². The van der Waals surface area contributed by atoms with Crippen molar-refractivity contribution in [2.45, 2.75) is 17.2 Å². The first-order valence-electron chi connectivity index (χ1n) is 7.87. The number of nitrogens with one attached hydrogen (secondary N) is 1. The minimum atomic E-state index is -3.58. The molecule has 0 bridgehead atoms. The monoisotopic (exact) mass is 344 g/mol. The van der Waals surface area contributed by atoms with E-state index in [9.17, 15) is 12.8 Å². The summed E-state index contributed by atoms with van der Waals surface area (Å²) in [7, 11) is -3.58. The molecule has 0 aliphatic carbocycles. The molecule has 1 fully saturated rings. The van der Waals surface area contributed by atoms with Crippen molar-refractivity contribution in [1.29, 1.82) is 0 Å².